The van der Waals surface area contributed by atoms with Crippen LogP contribution in [0.4, 0.5) is 0 Å². The Balaban J connectivity index is 1.43. The van der Waals surface area contributed by atoms with Gasteiger partial charge in [-0.1, -0.05) is 30.3 Å². The second kappa shape index (κ2) is 11.1. The number of para-hydroxylation sites is 1. The zero-order valence-corrected chi connectivity index (χ0v) is 19.3. The number of benzene rings is 2. The Hall–Kier alpha value is -3.61. The lowest BCUT2D eigenvalue weighted by atomic mass is 10.1. The van der Waals surface area contributed by atoms with Crippen LogP contribution < -0.4 is 10.6 Å². The number of aliphatic imine (C=N–C) groups is 1. The van der Waals surface area contributed by atoms with Gasteiger partial charge < -0.3 is 15.5 Å². The molecule has 1 heterocycles. The van der Waals surface area contributed by atoms with Gasteiger partial charge in [-0.2, -0.15) is 5.10 Å². The average molecular weight is 433 g/mol. The van der Waals surface area contributed by atoms with Crippen LogP contribution in [0.5, 0.6) is 0 Å². The van der Waals surface area contributed by atoms with Gasteiger partial charge in [0, 0.05) is 46.0 Å². The fourth-order valence-electron chi connectivity index (χ4n) is 3.37. The SMILES string of the molecule is CN=C(NCCCc1cn(-c2ccccc2)nc1C)NCc1ccc(C(=O)N(C)C)cc1. The number of carbonyl (C=O) groups is 1. The maximum absolute atomic E-state index is 12.0. The molecule has 0 aliphatic carbocycles. The zero-order valence-electron chi connectivity index (χ0n) is 19.3. The molecule has 7 heteroatoms. The summed E-state index contributed by atoms with van der Waals surface area (Å²) >= 11 is 0. The standard InChI is InChI=1S/C25H32N6O/c1-19-22(18-31(29-19)23-10-6-5-7-11-23)9-8-16-27-25(26-2)28-17-20-12-14-21(15-13-20)24(32)30(3)4/h5-7,10-15,18H,8-9,16-17H2,1-4H3,(H2,26,27,28). The molecule has 0 radical (unpaired) electrons. The van der Waals surface area contributed by atoms with Gasteiger partial charge in [-0.15, -0.1) is 0 Å². The number of amides is 1. The lowest BCUT2D eigenvalue weighted by molar-refractivity contribution is 0.0827. The number of aryl methyl sites for hydroxylation is 2. The maximum atomic E-state index is 12.0. The molecule has 0 unspecified atom stereocenters. The minimum absolute atomic E-state index is 0.00605. The first-order valence-electron chi connectivity index (χ1n) is 10.8. The van der Waals surface area contributed by atoms with Gasteiger partial charge in [0.25, 0.3) is 5.91 Å². The van der Waals surface area contributed by atoms with Gasteiger partial charge in [0.05, 0.1) is 11.4 Å². The van der Waals surface area contributed by atoms with Crippen LogP contribution in [0.2, 0.25) is 0 Å². The second-order valence-corrected chi connectivity index (χ2v) is 7.87. The summed E-state index contributed by atoms with van der Waals surface area (Å²) in [5.74, 6) is 0.765. The van der Waals surface area contributed by atoms with Crippen molar-refractivity contribution >= 4 is 11.9 Å². The third-order valence-corrected chi connectivity index (χ3v) is 5.23. The summed E-state index contributed by atoms with van der Waals surface area (Å²) in [7, 11) is 5.27. The minimum Gasteiger partial charge on any atom is -0.356 e. The third kappa shape index (κ3) is 6.20. The third-order valence-electron chi connectivity index (χ3n) is 5.23. The molecule has 1 aromatic heterocycles. The summed E-state index contributed by atoms with van der Waals surface area (Å²) in [6, 6.07) is 17.8. The van der Waals surface area contributed by atoms with Crippen LogP contribution >= 0.6 is 0 Å². The smallest absolute Gasteiger partial charge is 0.253 e. The fraction of sp³-hybridized carbons (Fsp3) is 0.320. The molecule has 0 saturated carbocycles. The van der Waals surface area contributed by atoms with Gasteiger partial charge in [0.2, 0.25) is 0 Å². The van der Waals surface area contributed by atoms with Gasteiger partial charge in [-0.3, -0.25) is 9.79 Å². The summed E-state index contributed by atoms with van der Waals surface area (Å²) in [5.41, 5.74) is 5.17. The Morgan fingerprint density at radius 1 is 1.06 bits per heavy atom. The van der Waals surface area contributed by atoms with Crippen LogP contribution in [-0.4, -0.2) is 54.2 Å². The van der Waals surface area contributed by atoms with Crippen LogP contribution in [0.3, 0.4) is 0 Å². The molecule has 0 spiro atoms. The van der Waals surface area contributed by atoms with Crippen molar-refractivity contribution in [3.05, 3.63) is 83.2 Å². The molecule has 0 saturated heterocycles. The highest BCUT2D eigenvalue weighted by molar-refractivity contribution is 5.93. The van der Waals surface area contributed by atoms with Crippen molar-refractivity contribution in [2.75, 3.05) is 27.7 Å². The molecular weight excluding hydrogens is 400 g/mol. The number of carbonyl (C=O) groups excluding carboxylic acids is 1. The van der Waals surface area contributed by atoms with E-state index in [1.54, 1.807) is 26.0 Å². The van der Waals surface area contributed by atoms with Crippen molar-refractivity contribution < 1.29 is 4.79 Å². The minimum atomic E-state index is 0.00605. The molecule has 0 atom stereocenters. The van der Waals surface area contributed by atoms with Crippen molar-refractivity contribution in [3.63, 3.8) is 0 Å². The summed E-state index contributed by atoms with van der Waals surface area (Å²) in [6.45, 7) is 3.50. The monoisotopic (exact) mass is 432 g/mol. The quantitative estimate of drug-likeness (QED) is 0.326. The van der Waals surface area contributed by atoms with Crippen LogP contribution in [-0.2, 0) is 13.0 Å². The number of hydrogen-bond acceptors (Lipinski definition) is 3. The summed E-state index contributed by atoms with van der Waals surface area (Å²) in [4.78, 5) is 17.9. The lowest BCUT2D eigenvalue weighted by Gasteiger charge is -2.13. The summed E-state index contributed by atoms with van der Waals surface area (Å²) < 4.78 is 1.94. The number of rotatable bonds is 8. The first-order chi connectivity index (χ1) is 15.5. The van der Waals surface area contributed by atoms with E-state index in [0.717, 1.165) is 42.3 Å². The molecule has 0 fully saturated rings. The van der Waals surface area contributed by atoms with Gasteiger partial charge in [0.1, 0.15) is 0 Å². The summed E-state index contributed by atoms with van der Waals surface area (Å²) in [6.07, 6.45) is 4.04. The number of aromatic nitrogens is 2. The molecule has 2 N–H and O–H groups in total. The predicted octanol–water partition coefficient (Wildman–Crippen LogP) is 3.18. The molecule has 2 aromatic carbocycles. The molecule has 0 bridgehead atoms. The van der Waals surface area contributed by atoms with Gasteiger partial charge in [-0.05, 0) is 55.2 Å². The van der Waals surface area contributed by atoms with Gasteiger partial charge in [-0.25, -0.2) is 4.68 Å². The van der Waals surface area contributed by atoms with Crippen molar-refractivity contribution in [3.8, 4) is 5.69 Å². The van der Waals surface area contributed by atoms with E-state index in [-0.39, 0.29) is 5.91 Å². The zero-order chi connectivity index (χ0) is 22.9. The largest absolute Gasteiger partial charge is 0.356 e. The Labute approximate surface area is 190 Å². The molecule has 7 nitrogen and oxygen atoms in total. The molecule has 168 valence electrons. The van der Waals surface area contributed by atoms with Gasteiger partial charge >= 0.3 is 0 Å². The lowest BCUT2D eigenvalue weighted by Crippen LogP contribution is -2.37. The Bertz CT molecular complexity index is 1040. The van der Waals surface area contributed by atoms with Crippen LogP contribution in [0.1, 0.15) is 33.6 Å². The van der Waals surface area contributed by atoms with E-state index in [1.165, 1.54) is 5.56 Å². The van der Waals surface area contributed by atoms with E-state index in [9.17, 15) is 4.79 Å². The topological polar surface area (TPSA) is 74.5 Å². The van der Waals surface area contributed by atoms with Crippen molar-refractivity contribution in [1.82, 2.24) is 25.3 Å². The highest BCUT2D eigenvalue weighted by atomic mass is 16.2. The number of hydrogen-bond donors (Lipinski definition) is 2. The average Bonchev–Trinajstić information content (AvgIpc) is 3.19. The summed E-state index contributed by atoms with van der Waals surface area (Å²) in [5, 5.41) is 11.3. The highest BCUT2D eigenvalue weighted by Crippen LogP contribution is 2.13. The number of guanidine groups is 1. The van der Waals surface area contributed by atoms with Crippen molar-refractivity contribution in [1.29, 1.82) is 0 Å². The Morgan fingerprint density at radius 2 is 1.78 bits per heavy atom. The Morgan fingerprint density at radius 3 is 2.44 bits per heavy atom. The molecule has 3 aromatic rings. The molecule has 0 aliphatic heterocycles. The first-order valence-corrected chi connectivity index (χ1v) is 10.8. The maximum Gasteiger partial charge on any atom is 0.253 e. The molecular formula is C25H32N6O. The normalized spacial score (nSPS) is 11.3. The van der Waals surface area contributed by atoms with Crippen molar-refractivity contribution in [2.45, 2.75) is 26.3 Å². The molecule has 0 aliphatic rings. The van der Waals surface area contributed by atoms with Crippen LogP contribution in [0.15, 0.2) is 65.8 Å². The van der Waals surface area contributed by atoms with Crippen LogP contribution in [0.25, 0.3) is 5.69 Å². The van der Waals surface area contributed by atoms with E-state index in [1.807, 2.05) is 47.1 Å². The van der Waals surface area contributed by atoms with E-state index in [2.05, 4.69) is 46.0 Å². The fourth-order valence-corrected chi connectivity index (χ4v) is 3.37. The van der Waals surface area contributed by atoms with Crippen LogP contribution in [0, 0.1) is 6.92 Å². The van der Waals surface area contributed by atoms with E-state index in [4.69, 9.17) is 0 Å². The van der Waals surface area contributed by atoms with Gasteiger partial charge in [0.15, 0.2) is 5.96 Å². The molecule has 1 amide bonds. The number of nitrogens with zero attached hydrogens (tertiary/aromatic N) is 4. The molecule has 3 rings (SSSR count). The van der Waals surface area contributed by atoms with E-state index < -0.39 is 0 Å². The highest BCUT2D eigenvalue weighted by Gasteiger charge is 2.08. The first kappa shape index (κ1) is 23.1. The second-order valence-electron chi connectivity index (χ2n) is 7.87. The Kier molecular flexibility index (Phi) is 8.02. The van der Waals surface area contributed by atoms with Crippen molar-refractivity contribution in [2.24, 2.45) is 4.99 Å². The number of nitrogens with one attached hydrogen (secondary N) is 2. The van der Waals surface area contributed by atoms with E-state index >= 15 is 0 Å². The van der Waals surface area contributed by atoms with E-state index in [0.29, 0.717) is 12.1 Å². The molecule has 32 heavy (non-hydrogen) atoms. The predicted molar refractivity (Wildman–Crippen MR) is 129 cm³/mol.